The lowest BCUT2D eigenvalue weighted by Crippen LogP contribution is -2.37. The predicted molar refractivity (Wildman–Crippen MR) is 115 cm³/mol. The average Bonchev–Trinajstić information content (AvgIpc) is 3.33. The number of benzene rings is 1. The molecule has 3 heterocycles. The van der Waals surface area contributed by atoms with E-state index in [0.717, 1.165) is 16.8 Å². The van der Waals surface area contributed by atoms with Gasteiger partial charge < -0.3 is 20.7 Å². The molecular formula is C21H21ClN6O3. The Morgan fingerprint density at radius 1 is 1.35 bits per heavy atom. The first-order valence-electron chi connectivity index (χ1n) is 9.60. The number of rotatable bonds is 5. The second-order valence-corrected chi connectivity index (χ2v) is 7.90. The number of nitrogens with zero attached hydrogens (tertiary/aromatic N) is 3. The molecule has 1 aliphatic heterocycles. The number of alkyl carbamates (subject to hydrolysis) is 1. The molecule has 1 unspecified atom stereocenters. The van der Waals surface area contributed by atoms with Gasteiger partial charge in [-0.15, -0.1) is 0 Å². The number of aromatic nitrogens is 3. The smallest absolute Gasteiger partial charge is 0.408 e. The first-order chi connectivity index (χ1) is 14.8. The van der Waals surface area contributed by atoms with Crippen molar-refractivity contribution in [3.8, 4) is 5.82 Å². The van der Waals surface area contributed by atoms with E-state index in [-0.39, 0.29) is 19.2 Å². The van der Waals surface area contributed by atoms with E-state index in [1.807, 2.05) is 38.1 Å². The topological polar surface area (TPSA) is 110 Å². The zero-order chi connectivity index (χ0) is 22.0. The molecule has 1 saturated heterocycles. The third-order valence-electron chi connectivity index (χ3n) is 4.93. The Morgan fingerprint density at radius 2 is 2.19 bits per heavy atom. The van der Waals surface area contributed by atoms with E-state index in [1.165, 1.54) is 6.20 Å². The summed E-state index contributed by atoms with van der Waals surface area (Å²) in [6.45, 7) is 4.21. The summed E-state index contributed by atoms with van der Waals surface area (Å²) in [5.74, 6) is 0.596. The zero-order valence-electron chi connectivity index (χ0n) is 17.0. The molecule has 3 N–H and O–H groups in total. The van der Waals surface area contributed by atoms with E-state index in [0.29, 0.717) is 16.5 Å². The van der Waals surface area contributed by atoms with Crippen molar-refractivity contribution in [2.45, 2.75) is 25.9 Å². The largest absolute Gasteiger partial charge is 0.447 e. The molecule has 160 valence electrons. The molecule has 1 fully saturated rings. The first kappa shape index (κ1) is 20.7. The van der Waals surface area contributed by atoms with Gasteiger partial charge in [0.2, 0.25) is 0 Å². The quantitative estimate of drug-likeness (QED) is 0.562. The van der Waals surface area contributed by atoms with Gasteiger partial charge in [0.25, 0.3) is 0 Å². The van der Waals surface area contributed by atoms with E-state index < -0.39 is 11.6 Å². The van der Waals surface area contributed by atoms with Crippen LogP contribution in [0.5, 0.6) is 0 Å². The van der Waals surface area contributed by atoms with E-state index in [1.54, 1.807) is 23.0 Å². The number of cyclic esters (lactones) is 1. The van der Waals surface area contributed by atoms with E-state index >= 15 is 0 Å². The summed E-state index contributed by atoms with van der Waals surface area (Å²) < 4.78 is 6.59. The van der Waals surface area contributed by atoms with Gasteiger partial charge >= 0.3 is 12.1 Å². The van der Waals surface area contributed by atoms with E-state index in [4.69, 9.17) is 16.3 Å². The molecule has 3 amide bonds. The highest BCUT2D eigenvalue weighted by Gasteiger charge is 2.36. The van der Waals surface area contributed by atoms with Gasteiger partial charge in [0.15, 0.2) is 5.82 Å². The Balaban J connectivity index is 1.44. The van der Waals surface area contributed by atoms with Gasteiger partial charge in [-0.1, -0.05) is 29.8 Å². The van der Waals surface area contributed by atoms with Gasteiger partial charge in [0.05, 0.1) is 23.0 Å². The van der Waals surface area contributed by atoms with Gasteiger partial charge in [-0.2, -0.15) is 5.10 Å². The van der Waals surface area contributed by atoms with Crippen LogP contribution in [0.3, 0.4) is 0 Å². The Hall–Kier alpha value is -3.59. The van der Waals surface area contributed by atoms with Crippen molar-refractivity contribution in [3.63, 3.8) is 0 Å². The number of urea groups is 1. The number of hydrogen-bond acceptors (Lipinski definition) is 5. The minimum Gasteiger partial charge on any atom is -0.447 e. The summed E-state index contributed by atoms with van der Waals surface area (Å²) >= 11 is 5.98. The number of anilines is 1. The molecule has 0 bridgehead atoms. The van der Waals surface area contributed by atoms with Crippen LogP contribution in [-0.2, 0) is 16.8 Å². The van der Waals surface area contributed by atoms with Gasteiger partial charge in [0, 0.05) is 23.5 Å². The number of nitrogens with one attached hydrogen (secondary N) is 3. The number of ether oxygens (including phenoxy) is 1. The molecule has 1 aromatic carbocycles. The van der Waals surface area contributed by atoms with Crippen LogP contribution < -0.4 is 16.0 Å². The third kappa shape index (κ3) is 4.61. The van der Waals surface area contributed by atoms with Crippen LogP contribution in [0.1, 0.15) is 23.7 Å². The van der Waals surface area contributed by atoms with Crippen LogP contribution in [0.15, 0.2) is 48.8 Å². The number of carbonyl (C=O) groups excluding carboxylic acids is 2. The van der Waals surface area contributed by atoms with Crippen LogP contribution in [0.4, 0.5) is 15.3 Å². The molecule has 2 aromatic heterocycles. The molecule has 0 aliphatic carbocycles. The summed E-state index contributed by atoms with van der Waals surface area (Å²) in [7, 11) is 0. The van der Waals surface area contributed by atoms with Gasteiger partial charge in [-0.05, 0) is 37.6 Å². The zero-order valence-corrected chi connectivity index (χ0v) is 17.7. The second-order valence-electron chi connectivity index (χ2n) is 7.46. The Labute approximate surface area is 183 Å². The summed E-state index contributed by atoms with van der Waals surface area (Å²) in [5.41, 5.74) is 2.39. The standard InChI is InChI=1S/C21H21ClN6O3/c1-13-6-7-14(18(25-13)28-11-16(22)10-24-28)9-23-19(29)26-17-5-3-4-15(8-17)21(2)12-31-20(30)27-21/h3-8,10-11H,9,12H2,1-2H3,(H,27,30)(H2,23,26,29). The molecule has 9 nitrogen and oxygen atoms in total. The van der Waals surface area contributed by atoms with E-state index in [9.17, 15) is 9.59 Å². The molecule has 3 aromatic rings. The van der Waals surface area contributed by atoms with Crippen molar-refractivity contribution >= 4 is 29.4 Å². The minimum absolute atomic E-state index is 0.224. The lowest BCUT2D eigenvalue weighted by molar-refractivity contribution is 0.173. The second kappa shape index (κ2) is 8.27. The number of halogens is 1. The molecule has 31 heavy (non-hydrogen) atoms. The van der Waals surface area contributed by atoms with Gasteiger partial charge in [0.1, 0.15) is 6.61 Å². The maximum atomic E-state index is 12.5. The van der Waals surface area contributed by atoms with Crippen LogP contribution in [0.2, 0.25) is 5.02 Å². The molecular weight excluding hydrogens is 420 g/mol. The number of amides is 3. The van der Waals surface area contributed by atoms with Crippen molar-refractivity contribution in [1.82, 2.24) is 25.4 Å². The lowest BCUT2D eigenvalue weighted by atomic mass is 9.93. The molecule has 0 radical (unpaired) electrons. The predicted octanol–water partition coefficient (Wildman–Crippen LogP) is 3.51. The summed E-state index contributed by atoms with van der Waals surface area (Å²) in [6, 6.07) is 10.6. The molecule has 0 saturated carbocycles. The van der Waals surface area contributed by atoms with Crippen molar-refractivity contribution in [2.75, 3.05) is 11.9 Å². The summed E-state index contributed by atoms with van der Waals surface area (Å²) in [4.78, 5) is 28.4. The fourth-order valence-electron chi connectivity index (χ4n) is 3.28. The fraction of sp³-hybridized carbons (Fsp3) is 0.238. The molecule has 0 spiro atoms. The SMILES string of the molecule is Cc1ccc(CNC(=O)Nc2cccc(C3(C)COC(=O)N3)c2)c(-n2cc(Cl)cn2)n1. The van der Waals surface area contributed by atoms with Crippen LogP contribution in [0.25, 0.3) is 5.82 Å². The third-order valence-corrected chi connectivity index (χ3v) is 5.13. The van der Waals surface area contributed by atoms with Crippen LogP contribution in [0, 0.1) is 6.92 Å². The van der Waals surface area contributed by atoms with Crippen molar-refractivity contribution in [3.05, 3.63) is 70.6 Å². The Bertz CT molecular complexity index is 1150. The number of hydrogen-bond donors (Lipinski definition) is 3. The lowest BCUT2D eigenvalue weighted by Gasteiger charge is -2.22. The number of carbonyl (C=O) groups is 2. The average molecular weight is 441 g/mol. The highest BCUT2D eigenvalue weighted by Crippen LogP contribution is 2.27. The Morgan fingerprint density at radius 3 is 2.90 bits per heavy atom. The summed E-state index contributed by atoms with van der Waals surface area (Å²) in [5, 5.41) is 13.1. The number of pyridine rings is 1. The highest BCUT2D eigenvalue weighted by molar-refractivity contribution is 6.30. The first-order valence-corrected chi connectivity index (χ1v) is 9.98. The van der Waals surface area contributed by atoms with Gasteiger partial charge in [-0.3, -0.25) is 0 Å². The minimum atomic E-state index is -0.640. The molecule has 1 atom stereocenters. The summed E-state index contributed by atoms with van der Waals surface area (Å²) in [6.07, 6.45) is 2.73. The molecule has 1 aliphatic rings. The maximum absolute atomic E-state index is 12.5. The monoisotopic (exact) mass is 440 g/mol. The normalized spacial score (nSPS) is 17.7. The Kier molecular flexibility index (Phi) is 5.51. The van der Waals surface area contributed by atoms with Crippen molar-refractivity contribution in [1.29, 1.82) is 0 Å². The van der Waals surface area contributed by atoms with Gasteiger partial charge in [-0.25, -0.2) is 19.3 Å². The molecule has 10 heteroatoms. The van der Waals surface area contributed by atoms with Crippen molar-refractivity contribution < 1.29 is 14.3 Å². The molecule has 4 rings (SSSR count). The van der Waals surface area contributed by atoms with E-state index in [2.05, 4.69) is 26.0 Å². The maximum Gasteiger partial charge on any atom is 0.408 e. The number of aryl methyl sites for hydroxylation is 1. The van der Waals surface area contributed by atoms with Crippen LogP contribution >= 0.6 is 11.6 Å². The highest BCUT2D eigenvalue weighted by atomic mass is 35.5. The fourth-order valence-corrected chi connectivity index (χ4v) is 3.41. The van der Waals surface area contributed by atoms with Crippen LogP contribution in [-0.4, -0.2) is 33.5 Å². The van der Waals surface area contributed by atoms with Crippen molar-refractivity contribution in [2.24, 2.45) is 0 Å².